The lowest BCUT2D eigenvalue weighted by atomic mass is 9.63. The minimum atomic E-state index is -0.252. The fourth-order valence-corrected chi connectivity index (χ4v) is 4.40. The summed E-state index contributed by atoms with van der Waals surface area (Å²) in [5, 5.41) is 3.67. The second-order valence-corrected chi connectivity index (χ2v) is 7.83. The number of piperidine rings is 1. The molecule has 26 heavy (non-hydrogen) atoms. The number of hydrogen-bond acceptors (Lipinski definition) is 2. The number of para-hydroxylation sites is 1. The van der Waals surface area contributed by atoms with Gasteiger partial charge in [0.15, 0.2) is 0 Å². The summed E-state index contributed by atoms with van der Waals surface area (Å²) in [7, 11) is 0. The molecule has 1 amide bonds. The van der Waals surface area contributed by atoms with Crippen LogP contribution < -0.4 is 5.32 Å². The quantitative estimate of drug-likeness (QED) is 0.881. The van der Waals surface area contributed by atoms with Gasteiger partial charge in [-0.25, -0.2) is 0 Å². The zero-order chi connectivity index (χ0) is 18.0. The van der Waals surface area contributed by atoms with Crippen molar-refractivity contribution < 1.29 is 4.79 Å². The van der Waals surface area contributed by atoms with Gasteiger partial charge in [0.05, 0.1) is 5.41 Å². The molecule has 4 rings (SSSR count). The maximum absolute atomic E-state index is 13.3. The fourth-order valence-electron chi connectivity index (χ4n) is 4.40. The van der Waals surface area contributed by atoms with Gasteiger partial charge in [0.25, 0.3) is 0 Å². The number of likely N-dealkylation sites (tertiary alicyclic amines) is 1. The molecule has 0 aromatic heterocycles. The second kappa shape index (κ2) is 7.14. The van der Waals surface area contributed by atoms with E-state index in [1.807, 2.05) is 6.07 Å². The van der Waals surface area contributed by atoms with Crippen molar-refractivity contribution >= 4 is 11.6 Å². The van der Waals surface area contributed by atoms with Gasteiger partial charge in [0, 0.05) is 24.8 Å². The zero-order valence-electron chi connectivity index (χ0n) is 15.6. The standard InChI is InChI=1S/C23H28N2O/c1-18-8-5-6-11-21(18)24-20-12-16-25(17-13-20)22(26)23(14-7-15-23)19-9-3-2-4-10-19/h2-6,8-11,20,24H,7,12-17H2,1H3. The fraction of sp³-hybridized carbons (Fsp3) is 0.435. The molecule has 0 unspecified atom stereocenters. The van der Waals surface area contributed by atoms with Crippen LogP contribution in [-0.2, 0) is 10.2 Å². The third kappa shape index (κ3) is 3.11. The maximum atomic E-state index is 13.3. The maximum Gasteiger partial charge on any atom is 0.233 e. The topological polar surface area (TPSA) is 32.3 Å². The third-order valence-electron chi connectivity index (χ3n) is 6.23. The number of carbonyl (C=O) groups excluding carboxylic acids is 1. The molecular formula is C23H28N2O. The minimum Gasteiger partial charge on any atom is -0.382 e. The van der Waals surface area contributed by atoms with Crippen molar-refractivity contribution in [3.05, 3.63) is 65.7 Å². The minimum absolute atomic E-state index is 0.252. The predicted molar refractivity (Wildman–Crippen MR) is 106 cm³/mol. The second-order valence-electron chi connectivity index (χ2n) is 7.83. The normalized spacial score (nSPS) is 19.7. The van der Waals surface area contributed by atoms with E-state index in [1.165, 1.54) is 16.8 Å². The summed E-state index contributed by atoms with van der Waals surface area (Å²) in [6.45, 7) is 3.86. The van der Waals surface area contributed by atoms with Crippen molar-refractivity contribution in [1.29, 1.82) is 0 Å². The highest BCUT2D eigenvalue weighted by atomic mass is 16.2. The van der Waals surface area contributed by atoms with Crippen molar-refractivity contribution in [3.63, 3.8) is 0 Å². The van der Waals surface area contributed by atoms with E-state index in [4.69, 9.17) is 0 Å². The first kappa shape index (κ1) is 17.1. The van der Waals surface area contributed by atoms with Crippen LogP contribution >= 0.6 is 0 Å². The van der Waals surface area contributed by atoms with Gasteiger partial charge in [-0.15, -0.1) is 0 Å². The van der Waals surface area contributed by atoms with Gasteiger partial charge in [-0.1, -0.05) is 55.0 Å². The van der Waals surface area contributed by atoms with Crippen LogP contribution in [0.25, 0.3) is 0 Å². The molecule has 2 aromatic carbocycles. The van der Waals surface area contributed by atoms with Gasteiger partial charge in [-0.2, -0.15) is 0 Å². The van der Waals surface area contributed by atoms with Crippen LogP contribution in [0, 0.1) is 6.92 Å². The van der Waals surface area contributed by atoms with Crippen LogP contribution in [-0.4, -0.2) is 29.9 Å². The van der Waals surface area contributed by atoms with Crippen LogP contribution in [0.4, 0.5) is 5.69 Å². The number of nitrogens with zero attached hydrogens (tertiary/aromatic N) is 1. The Balaban J connectivity index is 1.40. The number of anilines is 1. The molecule has 1 aliphatic heterocycles. The van der Waals surface area contributed by atoms with Crippen molar-refractivity contribution in [3.8, 4) is 0 Å². The lowest BCUT2D eigenvalue weighted by molar-refractivity contribution is -0.142. The molecule has 2 aromatic rings. The monoisotopic (exact) mass is 348 g/mol. The molecule has 0 radical (unpaired) electrons. The van der Waals surface area contributed by atoms with E-state index in [1.54, 1.807) is 0 Å². The van der Waals surface area contributed by atoms with E-state index in [0.717, 1.165) is 45.2 Å². The molecular weight excluding hydrogens is 320 g/mol. The highest BCUT2D eigenvalue weighted by Crippen LogP contribution is 2.45. The number of aryl methyl sites for hydroxylation is 1. The van der Waals surface area contributed by atoms with Gasteiger partial charge in [0.2, 0.25) is 5.91 Å². The molecule has 1 N–H and O–H groups in total. The average molecular weight is 348 g/mol. The van der Waals surface area contributed by atoms with Crippen molar-refractivity contribution in [2.45, 2.75) is 50.5 Å². The lowest BCUT2D eigenvalue weighted by Crippen LogP contribution is -2.54. The molecule has 2 fully saturated rings. The highest BCUT2D eigenvalue weighted by Gasteiger charge is 2.47. The van der Waals surface area contributed by atoms with E-state index in [2.05, 4.69) is 65.7 Å². The van der Waals surface area contributed by atoms with Crippen LogP contribution in [0.5, 0.6) is 0 Å². The van der Waals surface area contributed by atoms with Gasteiger partial charge < -0.3 is 10.2 Å². The SMILES string of the molecule is Cc1ccccc1NC1CCN(C(=O)C2(c3ccccc3)CCC2)CC1. The first-order valence-electron chi connectivity index (χ1n) is 9.86. The first-order chi connectivity index (χ1) is 12.7. The Bertz CT molecular complexity index is 759. The molecule has 136 valence electrons. The molecule has 1 saturated heterocycles. The smallest absolute Gasteiger partial charge is 0.233 e. The number of hydrogen-bond donors (Lipinski definition) is 1. The lowest BCUT2D eigenvalue weighted by Gasteiger charge is -2.45. The molecule has 3 nitrogen and oxygen atoms in total. The molecule has 2 aliphatic rings. The molecule has 0 bridgehead atoms. The summed E-state index contributed by atoms with van der Waals surface area (Å²) in [4.78, 5) is 15.4. The van der Waals surface area contributed by atoms with Crippen molar-refractivity contribution in [2.24, 2.45) is 0 Å². The largest absolute Gasteiger partial charge is 0.382 e. The highest BCUT2D eigenvalue weighted by molar-refractivity contribution is 5.89. The van der Waals surface area contributed by atoms with E-state index in [0.29, 0.717) is 11.9 Å². The molecule has 0 atom stereocenters. The number of amides is 1. The summed E-state index contributed by atoms with van der Waals surface area (Å²) < 4.78 is 0. The van der Waals surface area contributed by atoms with Crippen LogP contribution in [0.2, 0.25) is 0 Å². The number of carbonyl (C=O) groups is 1. The van der Waals surface area contributed by atoms with Gasteiger partial charge in [0.1, 0.15) is 0 Å². The molecule has 1 heterocycles. The Labute approximate surface area is 156 Å². The molecule has 1 saturated carbocycles. The zero-order valence-corrected chi connectivity index (χ0v) is 15.6. The van der Waals surface area contributed by atoms with E-state index < -0.39 is 0 Å². The van der Waals surface area contributed by atoms with Crippen molar-refractivity contribution in [1.82, 2.24) is 4.90 Å². The Morgan fingerprint density at radius 1 is 1.00 bits per heavy atom. The summed E-state index contributed by atoms with van der Waals surface area (Å²) in [5.74, 6) is 0.351. The Morgan fingerprint density at radius 3 is 2.27 bits per heavy atom. The number of rotatable bonds is 4. The number of benzene rings is 2. The summed E-state index contributed by atoms with van der Waals surface area (Å²) in [5.41, 5.74) is 3.45. The molecule has 3 heteroatoms. The van der Waals surface area contributed by atoms with Gasteiger partial charge in [-0.05, 0) is 49.8 Å². The number of nitrogens with one attached hydrogen (secondary N) is 1. The van der Waals surface area contributed by atoms with E-state index in [9.17, 15) is 4.79 Å². The van der Waals surface area contributed by atoms with Crippen molar-refractivity contribution in [2.75, 3.05) is 18.4 Å². The third-order valence-corrected chi connectivity index (χ3v) is 6.23. The summed E-state index contributed by atoms with van der Waals surface area (Å²) in [6, 6.07) is 19.3. The summed E-state index contributed by atoms with van der Waals surface area (Å²) >= 11 is 0. The Kier molecular flexibility index (Phi) is 4.71. The Hall–Kier alpha value is -2.29. The van der Waals surface area contributed by atoms with E-state index >= 15 is 0 Å². The Morgan fingerprint density at radius 2 is 1.65 bits per heavy atom. The average Bonchev–Trinajstić information content (AvgIpc) is 2.64. The first-order valence-corrected chi connectivity index (χ1v) is 9.86. The van der Waals surface area contributed by atoms with Crippen LogP contribution in [0.1, 0.15) is 43.2 Å². The summed E-state index contributed by atoms with van der Waals surface area (Å²) in [6.07, 6.45) is 5.19. The van der Waals surface area contributed by atoms with Crippen LogP contribution in [0.3, 0.4) is 0 Å². The predicted octanol–water partition coefficient (Wildman–Crippen LogP) is 4.52. The van der Waals surface area contributed by atoms with Crippen LogP contribution in [0.15, 0.2) is 54.6 Å². The molecule has 0 spiro atoms. The van der Waals surface area contributed by atoms with E-state index in [-0.39, 0.29) is 5.41 Å². The molecule has 1 aliphatic carbocycles. The van der Waals surface area contributed by atoms with Gasteiger partial charge >= 0.3 is 0 Å². The van der Waals surface area contributed by atoms with Gasteiger partial charge in [-0.3, -0.25) is 4.79 Å².